The van der Waals surface area contributed by atoms with Gasteiger partial charge < -0.3 is 18.6 Å². The summed E-state index contributed by atoms with van der Waals surface area (Å²) in [7, 11) is 0. The van der Waals surface area contributed by atoms with Crippen LogP contribution in [0.4, 0.5) is 0 Å². The summed E-state index contributed by atoms with van der Waals surface area (Å²) in [6, 6.07) is 18.6. The molecule has 1 aromatic heterocycles. The van der Waals surface area contributed by atoms with Crippen molar-refractivity contribution in [2.45, 2.75) is 33.5 Å². The number of hydrogen-bond acceptors (Lipinski definition) is 6. The Morgan fingerprint density at radius 1 is 1.00 bits per heavy atom. The Morgan fingerprint density at radius 3 is 2.58 bits per heavy atom. The van der Waals surface area contributed by atoms with Crippen molar-refractivity contribution in [1.82, 2.24) is 0 Å². The summed E-state index contributed by atoms with van der Waals surface area (Å²) in [5, 5.41) is 0. The van der Waals surface area contributed by atoms with Gasteiger partial charge in [0.2, 0.25) is 11.2 Å². The molecule has 3 aromatic rings. The van der Waals surface area contributed by atoms with E-state index < -0.39 is 5.97 Å². The summed E-state index contributed by atoms with van der Waals surface area (Å²) >= 11 is 0. The Bertz CT molecular complexity index is 1110. The van der Waals surface area contributed by atoms with Gasteiger partial charge in [-0.05, 0) is 41.7 Å². The lowest BCUT2D eigenvalue weighted by atomic mass is 10.1. The SMILES string of the molecule is CC(C)CCOc1coc(COC(=O)/C=C/c2cccc(OCc3ccccc3)c2)cc1=O. The quantitative estimate of drug-likeness (QED) is 0.289. The van der Waals surface area contributed by atoms with E-state index >= 15 is 0 Å². The van der Waals surface area contributed by atoms with E-state index in [9.17, 15) is 9.59 Å². The van der Waals surface area contributed by atoms with Crippen LogP contribution in [0.5, 0.6) is 11.5 Å². The predicted molar refractivity (Wildman–Crippen MR) is 126 cm³/mol. The van der Waals surface area contributed by atoms with Gasteiger partial charge in [-0.1, -0.05) is 56.3 Å². The molecule has 0 radical (unpaired) electrons. The zero-order valence-electron chi connectivity index (χ0n) is 18.9. The van der Waals surface area contributed by atoms with Gasteiger partial charge in [0, 0.05) is 12.1 Å². The number of esters is 1. The molecular formula is C27H28O6. The minimum absolute atomic E-state index is 0.148. The van der Waals surface area contributed by atoms with Gasteiger partial charge in [0.25, 0.3) is 0 Å². The van der Waals surface area contributed by atoms with Crippen molar-refractivity contribution >= 4 is 12.0 Å². The fourth-order valence-corrected chi connectivity index (χ4v) is 2.83. The zero-order valence-corrected chi connectivity index (χ0v) is 18.9. The van der Waals surface area contributed by atoms with Crippen molar-refractivity contribution in [3.05, 3.63) is 100 Å². The molecule has 0 spiro atoms. The van der Waals surface area contributed by atoms with Crippen LogP contribution in [-0.4, -0.2) is 12.6 Å². The predicted octanol–water partition coefficient (Wildman–Crippen LogP) is 5.40. The minimum atomic E-state index is -0.550. The largest absolute Gasteiger partial charge is 0.489 e. The summed E-state index contributed by atoms with van der Waals surface area (Å²) in [5.41, 5.74) is 1.56. The van der Waals surface area contributed by atoms with E-state index in [1.165, 1.54) is 18.4 Å². The number of carbonyl (C=O) groups excluding carboxylic acids is 1. The molecule has 0 N–H and O–H groups in total. The van der Waals surface area contributed by atoms with Crippen molar-refractivity contribution in [3.8, 4) is 11.5 Å². The maximum atomic E-state index is 12.1. The molecule has 6 heteroatoms. The summed E-state index contributed by atoms with van der Waals surface area (Å²) in [6.07, 6.45) is 5.05. The minimum Gasteiger partial charge on any atom is -0.489 e. The first kappa shape index (κ1) is 23.9. The smallest absolute Gasteiger partial charge is 0.331 e. The molecule has 0 fully saturated rings. The lowest BCUT2D eigenvalue weighted by molar-refractivity contribution is -0.139. The Labute approximate surface area is 193 Å². The molecule has 0 saturated heterocycles. The lowest BCUT2D eigenvalue weighted by Gasteiger charge is -2.07. The van der Waals surface area contributed by atoms with Gasteiger partial charge >= 0.3 is 5.97 Å². The van der Waals surface area contributed by atoms with E-state index in [1.54, 1.807) is 6.08 Å². The normalized spacial score (nSPS) is 11.0. The highest BCUT2D eigenvalue weighted by atomic mass is 16.5. The van der Waals surface area contributed by atoms with E-state index in [0.29, 0.717) is 24.9 Å². The maximum Gasteiger partial charge on any atom is 0.331 e. The average molecular weight is 449 g/mol. The van der Waals surface area contributed by atoms with Gasteiger partial charge in [0.1, 0.15) is 31.0 Å². The Morgan fingerprint density at radius 2 is 1.82 bits per heavy atom. The number of benzene rings is 2. The van der Waals surface area contributed by atoms with Crippen LogP contribution in [0.25, 0.3) is 6.08 Å². The van der Waals surface area contributed by atoms with Crippen LogP contribution in [0.2, 0.25) is 0 Å². The molecule has 3 rings (SSSR count). The fourth-order valence-electron chi connectivity index (χ4n) is 2.83. The molecule has 0 aliphatic heterocycles. The van der Waals surface area contributed by atoms with E-state index in [2.05, 4.69) is 13.8 Å². The number of carbonyl (C=O) groups is 1. The fraction of sp³-hybridized carbons (Fsp3) is 0.259. The second kappa shape index (κ2) is 12.3. The second-order valence-corrected chi connectivity index (χ2v) is 7.89. The van der Waals surface area contributed by atoms with Crippen molar-refractivity contribution in [3.63, 3.8) is 0 Å². The van der Waals surface area contributed by atoms with Crippen molar-refractivity contribution < 1.29 is 23.4 Å². The third kappa shape index (κ3) is 8.33. The number of ether oxygens (including phenoxy) is 3. The Hall–Kier alpha value is -3.80. The molecule has 172 valence electrons. The Balaban J connectivity index is 1.48. The maximum absolute atomic E-state index is 12.1. The van der Waals surface area contributed by atoms with Gasteiger partial charge in [0.05, 0.1) is 6.61 Å². The molecule has 1 heterocycles. The summed E-state index contributed by atoms with van der Waals surface area (Å²) in [4.78, 5) is 24.2. The topological polar surface area (TPSA) is 75.0 Å². The van der Waals surface area contributed by atoms with Crippen molar-refractivity contribution in [2.24, 2.45) is 5.92 Å². The molecule has 0 saturated carbocycles. The summed E-state index contributed by atoms with van der Waals surface area (Å²) < 4.78 is 21.7. The first-order valence-corrected chi connectivity index (χ1v) is 10.9. The van der Waals surface area contributed by atoms with Gasteiger partial charge in [-0.15, -0.1) is 0 Å². The van der Waals surface area contributed by atoms with Crippen LogP contribution < -0.4 is 14.9 Å². The molecule has 0 unspecified atom stereocenters. The molecular weight excluding hydrogens is 420 g/mol. The molecule has 0 aliphatic rings. The highest BCUT2D eigenvalue weighted by molar-refractivity contribution is 5.87. The van der Waals surface area contributed by atoms with Crippen LogP contribution in [0.15, 0.2) is 82.2 Å². The van der Waals surface area contributed by atoms with Gasteiger partial charge in [-0.3, -0.25) is 4.79 Å². The van der Waals surface area contributed by atoms with Crippen LogP contribution in [0.1, 0.15) is 37.2 Å². The molecule has 0 atom stereocenters. The van der Waals surface area contributed by atoms with Crippen molar-refractivity contribution in [2.75, 3.05) is 6.61 Å². The first-order chi connectivity index (χ1) is 16.0. The van der Waals surface area contributed by atoms with Crippen molar-refractivity contribution in [1.29, 1.82) is 0 Å². The highest BCUT2D eigenvalue weighted by Crippen LogP contribution is 2.16. The van der Waals surface area contributed by atoms with Gasteiger partial charge in [-0.25, -0.2) is 4.79 Å². The van der Waals surface area contributed by atoms with E-state index in [0.717, 1.165) is 17.5 Å². The van der Waals surface area contributed by atoms with E-state index in [4.69, 9.17) is 18.6 Å². The Kier molecular flexibility index (Phi) is 8.88. The van der Waals surface area contributed by atoms with Crippen LogP contribution in [0, 0.1) is 5.92 Å². The number of rotatable bonds is 11. The van der Waals surface area contributed by atoms with Crippen LogP contribution >= 0.6 is 0 Å². The monoisotopic (exact) mass is 448 g/mol. The standard InChI is InChI=1S/C27H28O6/c1-20(2)13-14-30-26-19-32-24(16-25(26)28)18-33-27(29)12-11-21-9-6-10-23(15-21)31-17-22-7-4-3-5-8-22/h3-12,15-16,19-20H,13-14,17-18H2,1-2H3/b12-11+. The van der Waals surface area contributed by atoms with Crippen LogP contribution in [-0.2, 0) is 22.7 Å². The molecule has 0 aliphatic carbocycles. The number of hydrogen-bond donors (Lipinski definition) is 0. The van der Waals surface area contributed by atoms with E-state index in [1.807, 2.05) is 54.6 Å². The third-order valence-electron chi connectivity index (χ3n) is 4.68. The third-order valence-corrected chi connectivity index (χ3v) is 4.68. The lowest BCUT2D eigenvalue weighted by Crippen LogP contribution is -2.11. The van der Waals surface area contributed by atoms with Gasteiger partial charge in [0.15, 0.2) is 0 Å². The molecule has 0 amide bonds. The highest BCUT2D eigenvalue weighted by Gasteiger charge is 2.07. The summed E-state index contributed by atoms with van der Waals surface area (Å²) in [5.74, 6) is 1.03. The first-order valence-electron chi connectivity index (χ1n) is 10.9. The van der Waals surface area contributed by atoms with E-state index in [-0.39, 0.29) is 23.5 Å². The second-order valence-electron chi connectivity index (χ2n) is 7.89. The molecule has 0 bridgehead atoms. The zero-order chi connectivity index (χ0) is 23.5. The molecule has 33 heavy (non-hydrogen) atoms. The average Bonchev–Trinajstić information content (AvgIpc) is 2.82. The van der Waals surface area contributed by atoms with Gasteiger partial charge in [-0.2, -0.15) is 0 Å². The molecule has 2 aromatic carbocycles. The van der Waals surface area contributed by atoms with Crippen LogP contribution in [0.3, 0.4) is 0 Å². The summed E-state index contributed by atoms with van der Waals surface area (Å²) in [6.45, 7) is 4.91. The molecule has 6 nitrogen and oxygen atoms in total.